The molecule has 1 heterocycles. The van der Waals surface area contributed by atoms with Crippen LogP contribution < -0.4 is 4.72 Å². The van der Waals surface area contributed by atoms with Gasteiger partial charge < -0.3 is 4.74 Å². The molecule has 9 heteroatoms. The summed E-state index contributed by atoms with van der Waals surface area (Å²) in [4.78, 5) is 0.0684. The fourth-order valence-electron chi connectivity index (χ4n) is 2.73. The van der Waals surface area contributed by atoms with Crippen molar-refractivity contribution in [3.63, 3.8) is 0 Å². The SMILES string of the molecule is Cc1cc(S(=O)(=O)NCCCOC(C)C)c(C)n1S(=O)(=O)c1ccccc1. The molecule has 1 aromatic heterocycles. The molecular formula is C18H26N2O5S2. The standard InChI is InChI=1S/C18H26N2O5S2/c1-14(2)25-12-8-11-19-26(21,22)18-13-15(3)20(16(18)4)27(23,24)17-9-6-5-7-10-17/h5-7,9-10,13-14,19H,8,11-12H2,1-4H3. The second-order valence-electron chi connectivity index (χ2n) is 6.49. The molecule has 27 heavy (non-hydrogen) atoms. The van der Waals surface area contributed by atoms with Gasteiger partial charge in [0.15, 0.2) is 0 Å². The fourth-order valence-corrected chi connectivity index (χ4v) is 5.77. The highest BCUT2D eigenvalue weighted by molar-refractivity contribution is 7.90. The van der Waals surface area contributed by atoms with Crippen LogP contribution in [0.25, 0.3) is 0 Å². The quantitative estimate of drug-likeness (QED) is 0.636. The molecular weight excluding hydrogens is 388 g/mol. The lowest BCUT2D eigenvalue weighted by atomic mass is 10.4. The first-order valence-corrected chi connectivity index (χ1v) is 11.6. The Morgan fingerprint density at radius 1 is 1.07 bits per heavy atom. The summed E-state index contributed by atoms with van der Waals surface area (Å²) in [6, 6.07) is 9.31. The van der Waals surface area contributed by atoms with Crippen LogP contribution in [0.4, 0.5) is 0 Å². The third-order valence-corrected chi connectivity index (χ3v) is 7.44. The summed E-state index contributed by atoms with van der Waals surface area (Å²) in [7, 11) is -7.70. The van der Waals surface area contributed by atoms with E-state index in [9.17, 15) is 16.8 Å². The molecule has 0 aliphatic heterocycles. The van der Waals surface area contributed by atoms with Gasteiger partial charge in [0.2, 0.25) is 10.0 Å². The van der Waals surface area contributed by atoms with Crippen LogP contribution in [0.2, 0.25) is 0 Å². The molecule has 2 aromatic rings. The van der Waals surface area contributed by atoms with Gasteiger partial charge >= 0.3 is 0 Å². The zero-order chi connectivity index (χ0) is 20.2. The molecule has 0 bridgehead atoms. The highest BCUT2D eigenvalue weighted by Crippen LogP contribution is 2.25. The Hall–Kier alpha value is -1.68. The van der Waals surface area contributed by atoms with Crippen LogP contribution in [0, 0.1) is 13.8 Å². The van der Waals surface area contributed by atoms with Crippen LogP contribution in [0.5, 0.6) is 0 Å². The first-order chi connectivity index (χ1) is 12.6. The number of nitrogens with zero attached hydrogens (tertiary/aromatic N) is 1. The highest BCUT2D eigenvalue weighted by atomic mass is 32.2. The Bertz CT molecular complexity index is 978. The molecule has 0 spiro atoms. The van der Waals surface area contributed by atoms with Crippen LogP contribution in [-0.4, -0.2) is 40.1 Å². The van der Waals surface area contributed by atoms with Gasteiger partial charge in [-0.2, -0.15) is 0 Å². The van der Waals surface area contributed by atoms with Crippen LogP contribution in [0.1, 0.15) is 31.7 Å². The zero-order valence-electron chi connectivity index (χ0n) is 16.0. The number of rotatable bonds is 9. The van der Waals surface area contributed by atoms with Gasteiger partial charge in [0.1, 0.15) is 4.90 Å². The minimum absolute atomic E-state index is 0.0377. The Labute approximate surface area is 161 Å². The number of nitrogens with one attached hydrogen (secondary N) is 1. The Balaban J connectivity index is 2.27. The van der Waals surface area contributed by atoms with Crippen molar-refractivity contribution in [2.24, 2.45) is 0 Å². The monoisotopic (exact) mass is 414 g/mol. The first kappa shape index (κ1) is 21.6. The van der Waals surface area contributed by atoms with E-state index >= 15 is 0 Å². The molecule has 0 radical (unpaired) electrons. The van der Waals surface area contributed by atoms with Gasteiger partial charge in [0.25, 0.3) is 10.0 Å². The van der Waals surface area contributed by atoms with Gasteiger partial charge in [-0.05, 0) is 52.3 Å². The molecule has 150 valence electrons. The van der Waals surface area contributed by atoms with E-state index in [0.717, 1.165) is 3.97 Å². The minimum Gasteiger partial charge on any atom is -0.379 e. The third-order valence-electron chi connectivity index (χ3n) is 3.96. The van der Waals surface area contributed by atoms with Crippen molar-refractivity contribution >= 4 is 20.0 Å². The average Bonchev–Trinajstić information content (AvgIpc) is 2.91. The first-order valence-electron chi connectivity index (χ1n) is 8.68. The predicted molar refractivity (Wildman–Crippen MR) is 104 cm³/mol. The second kappa shape index (κ2) is 8.55. The number of hydrogen-bond donors (Lipinski definition) is 1. The molecule has 0 aliphatic carbocycles. The van der Waals surface area contributed by atoms with Gasteiger partial charge in [-0.15, -0.1) is 0 Å². The Kier molecular flexibility index (Phi) is 6.85. The van der Waals surface area contributed by atoms with Gasteiger partial charge in [-0.1, -0.05) is 18.2 Å². The van der Waals surface area contributed by atoms with Crippen molar-refractivity contribution in [1.82, 2.24) is 8.69 Å². The van der Waals surface area contributed by atoms with E-state index in [1.165, 1.54) is 25.1 Å². The van der Waals surface area contributed by atoms with Crippen molar-refractivity contribution in [3.8, 4) is 0 Å². The summed E-state index contributed by atoms with van der Waals surface area (Å²) >= 11 is 0. The molecule has 0 amide bonds. The second-order valence-corrected chi connectivity index (χ2v) is 10.0. The topological polar surface area (TPSA) is 94.5 Å². The maximum absolute atomic E-state index is 12.9. The van der Waals surface area contributed by atoms with E-state index < -0.39 is 20.0 Å². The maximum atomic E-state index is 12.9. The zero-order valence-corrected chi connectivity index (χ0v) is 17.6. The molecule has 0 aliphatic rings. The molecule has 0 unspecified atom stereocenters. The number of aryl methyl sites for hydroxylation is 1. The van der Waals surface area contributed by atoms with Crippen LogP contribution in [-0.2, 0) is 24.8 Å². The van der Waals surface area contributed by atoms with Gasteiger partial charge in [-0.25, -0.2) is 25.5 Å². The summed E-state index contributed by atoms with van der Waals surface area (Å²) in [6.07, 6.45) is 0.613. The van der Waals surface area contributed by atoms with Crippen molar-refractivity contribution in [3.05, 3.63) is 47.8 Å². The molecule has 0 atom stereocenters. The molecule has 1 N–H and O–H groups in total. The van der Waals surface area contributed by atoms with Crippen molar-refractivity contribution in [1.29, 1.82) is 0 Å². The lowest BCUT2D eigenvalue weighted by Crippen LogP contribution is -2.26. The highest BCUT2D eigenvalue weighted by Gasteiger charge is 2.27. The summed E-state index contributed by atoms with van der Waals surface area (Å²) in [5, 5.41) is 0. The smallest absolute Gasteiger partial charge is 0.268 e. The lowest BCUT2D eigenvalue weighted by Gasteiger charge is -2.12. The molecule has 0 saturated carbocycles. The van der Waals surface area contributed by atoms with Crippen LogP contribution >= 0.6 is 0 Å². The van der Waals surface area contributed by atoms with Crippen molar-refractivity contribution in [2.75, 3.05) is 13.2 Å². The van der Waals surface area contributed by atoms with E-state index in [4.69, 9.17) is 4.74 Å². The van der Waals surface area contributed by atoms with E-state index in [-0.39, 0.29) is 28.1 Å². The summed E-state index contributed by atoms with van der Waals surface area (Å²) in [6.45, 7) is 7.54. The summed E-state index contributed by atoms with van der Waals surface area (Å²) in [5.41, 5.74) is 0.488. The Morgan fingerprint density at radius 2 is 1.70 bits per heavy atom. The van der Waals surface area contributed by atoms with Gasteiger partial charge in [0, 0.05) is 18.8 Å². The van der Waals surface area contributed by atoms with E-state index in [2.05, 4.69) is 4.72 Å². The number of benzene rings is 1. The molecule has 0 saturated heterocycles. The average molecular weight is 415 g/mol. The number of aromatic nitrogens is 1. The van der Waals surface area contributed by atoms with E-state index in [1.807, 2.05) is 13.8 Å². The number of ether oxygens (including phenoxy) is 1. The van der Waals surface area contributed by atoms with Crippen molar-refractivity contribution in [2.45, 2.75) is 50.0 Å². The van der Waals surface area contributed by atoms with E-state index in [0.29, 0.717) is 18.7 Å². The summed E-state index contributed by atoms with van der Waals surface area (Å²) < 4.78 is 60.0. The minimum atomic E-state index is -3.87. The molecule has 0 fully saturated rings. The third kappa shape index (κ3) is 4.98. The van der Waals surface area contributed by atoms with Gasteiger partial charge in [-0.3, -0.25) is 0 Å². The Morgan fingerprint density at radius 3 is 2.30 bits per heavy atom. The maximum Gasteiger partial charge on any atom is 0.268 e. The molecule has 1 aromatic carbocycles. The molecule has 7 nitrogen and oxygen atoms in total. The fraction of sp³-hybridized carbons (Fsp3) is 0.444. The van der Waals surface area contributed by atoms with Crippen LogP contribution in [0.3, 0.4) is 0 Å². The van der Waals surface area contributed by atoms with Crippen molar-refractivity contribution < 1.29 is 21.6 Å². The van der Waals surface area contributed by atoms with Gasteiger partial charge in [0.05, 0.1) is 16.7 Å². The predicted octanol–water partition coefficient (Wildman–Crippen LogP) is 2.44. The summed E-state index contributed by atoms with van der Waals surface area (Å²) in [5.74, 6) is 0. The van der Waals surface area contributed by atoms with Crippen LogP contribution in [0.15, 0.2) is 46.2 Å². The van der Waals surface area contributed by atoms with E-state index in [1.54, 1.807) is 25.1 Å². The molecule has 2 rings (SSSR count). The largest absolute Gasteiger partial charge is 0.379 e. The lowest BCUT2D eigenvalue weighted by molar-refractivity contribution is 0.0778. The normalized spacial score (nSPS) is 12.6. The number of sulfonamides is 1. The number of hydrogen-bond acceptors (Lipinski definition) is 5.